The average Bonchev–Trinajstić information content (AvgIpc) is 2.57. The van der Waals surface area contributed by atoms with E-state index in [2.05, 4.69) is 15.4 Å². The fraction of sp³-hybridized carbons (Fsp3) is 0.412. The molecule has 5 nitrogen and oxygen atoms in total. The van der Waals surface area contributed by atoms with E-state index < -0.39 is 5.97 Å². The van der Waals surface area contributed by atoms with Gasteiger partial charge in [0, 0.05) is 16.8 Å². The van der Waals surface area contributed by atoms with Gasteiger partial charge in [-0.05, 0) is 37.1 Å². The summed E-state index contributed by atoms with van der Waals surface area (Å²) in [6.45, 7) is 0. The average molecular weight is 337 g/mol. The molecule has 0 aliphatic heterocycles. The predicted molar refractivity (Wildman–Crippen MR) is 90.2 cm³/mol. The molecule has 124 valence electrons. The number of anilines is 1. The second-order valence-corrected chi connectivity index (χ2v) is 5.96. The number of esters is 1. The number of nitrogens with one attached hydrogen (secondary N) is 2. The molecule has 2 N–H and O–H groups in total. The fourth-order valence-corrected chi connectivity index (χ4v) is 2.66. The molecular weight excluding hydrogens is 316 g/mol. The number of hydrogen-bond donors (Lipinski definition) is 2. The Labute approximate surface area is 141 Å². The topological polar surface area (TPSA) is 67.4 Å². The Balaban J connectivity index is 2.09. The van der Waals surface area contributed by atoms with Crippen LogP contribution in [0.5, 0.6) is 0 Å². The molecule has 1 fully saturated rings. The lowest BCUT2D eigenvalue weighted by molar-refractivity contribution is -0.135. The Morgan fingerprint density at radius 3 is 2.43 bits per heavy atom. The lowest BCUT2D eigenvalue weighted by Gasteiger charge is -2.23. The number of benzene rings is 1. The van der Waals surface area contributed by atoms with Crippen molar-refractivity contribution in [3.63, 3.8) is 0 Å². The van der Waals surface area contributed by atoms with Crippen LogP contribution in [0.2, 0.25) is 5.02 Å². The van der Waals surface area contributed by atoms with Gasteiger partial charge in [0.05, 0.1) is 13.2 Å². The summed E-state index contributed by atoms with van der Waals surface area (Å²) in [6, 6.07) is 7.05. The van der Waals surface area contributed by atoms with Crippen molar-refractivity contribution in [3.8, 4) is 0 Å². The standard InChI is InChI=1S/C17H21ClN2O3/c1-23-16(21)11-15(19-14-9-7-12(18)8-10-14)17(22)20-13-5-3-2-4-6-13/h7-11,13,19H,2-6H2,1H3,(H,20,22)/b15-11-. The quantitative estimate of drug-likeness (QED) is 0.639. The molecular formula is C17H21ClN2O3. The highest BCUT2D eigenvalue weighted by Gasteiger charge is 2.19. The largest absolute Gasteiger partial charge is 0.466 e. The van der Waals surface area contributed by atoms with Crippen LogP contribution < -0.4 is 10.6 Å². The molecule has 23 heavy (non-hydrogen) atoms. The third kappa shape index (κ3) is 5.60. The van der Waals surface area contributed by atoms with Crippen molar-refractivity contribution in [2.45, 2.75) is 38.1 Å². The van der Waals surface area contributed by atoms with Crippen LogP contribution in [0.15, 0.2) is 36.0 Å². The summed E-state index contributed by atoms with van der Waals surface area (Å²) < 4.78 is 4.62. The van der Waals surface area contributed by atoms with E-state index in [0.717, 1.165) is 31.8 Å². The molecule has 0 saturated heterocycles. The van der Waals surface area contributed by atoms with Crippen LogP contribution in [0, 0.1) is 0 Å². The first-order valence-electron chi connectivity index (χ1n) is 7.71. The van der Waals surface area contributed by atoms with E-state index in [1.807, 2.05) is 0 Å². The Morgan fingerprint density at radius 1 is 1.17 bits per heavy atom. The summed E-state index contributed by atoms with van der Waals surface area (Å²) in [4.78, 5) is 24.0. The molecule has 1 saturated carbocycles. The first-order chi connectivity index (χ1) is 11.1. The van der Waals surface area contributed by atoms with Gasteiger partial charge in [-0.25, -0.2) is 4.79 Å². The van der Waals surface area contributed by atoms with Crippen LogP contribution in [-0.4, -0.2) is 25.0 Å². The molecule has 1 aliphatic rings. The zero-order valence-corrected chi connectivity index (χ0v) is 13.9. The highest BCUT2D eigenvalue weighted by Crippen LogP contribution is 2.19. The van der Waals surface area contributed by atoms with Crippen molar-refractivity contribution < 1.29 is 14.3 Å². The van der Waals surface area contributed by atoms with Crippen LogP contribution in [-0.2, 0) is 14.3 Å². The molecule has 1 aliphatic carbocycles. The van der Waals surface area contributed by atoms with Gasteiger partial charge in [-0.1, -0.05) is 30.9 Å². The highest BCUT2D eigenvalue weighted by atomic mass is 35.5. The van der Waals surface area contributed by atoms with Gasteiger partial charge in [-0.3, -0.25) is 4.79 Å². The molecule has 1 amide bonds. The molecule has 2 rings (SSSR count). The molecule has 0 bridgehead atoms. The van der Waals surface area contributed by atoms with Gasteiger partial charge in [0.1, 0.15) is 5.70 Å². The van der Waals surface area contributed by atoms with Crippen LogP contribution in [0.3, 0.4) is 0 Å². The van der Waals surface area contributed by atoms with Gasteiger partial charge in [0.2, 0.25) is 0 Å². The summed E-state index contributed by atoms with van der Waals surface area (Å²) in [5.74, 6) is -0.891. The van der Waals surface area contributed by atoms with Crippen LogP contribution in [0.4, 0.5) is 5.69 Å². The van der Waals surface area contributed by atoms with E-state index in [4.69, 9.17) is 11.6 Å². The molecule has 0 atom stereocenters. The van der Waals surface area contributed by atoms with Crippen molar-refractivity contribution in [2.24, 2.45) is 0 Å². The number of amides is 1. The summed E-state index contributed by atoms with van der Waals surface area (Å²) in [5.41, 5.74) is 0.827. The lowest BCUT2D eigenvalue weighted by Crippen LogP contribution is -2.38. The SMILES string of the molecule is COC(=O)/C=C(\Nc1ccc(Cl)cc1)C(=O)NC1CCCCC1. The summed E-state index contributed by atoms with van der Waals surface area (Å²) in [5, 5.41) is 6.52. The van der Waals surface area contributed by atoms with E-state index in [1.165, 1.54) is 13.5 Å². The molecule has 0 radical (unpaired) electrons. The third-order valence-corrected chi connectivity index (χ3v) is 4.02. The smallest absolute Gasteiger partial charge is 0.332 e. The van der Waals surface area contributed by atoms with E-state index >= 15 is 0 Å². The maximum Gasteiger partial charge on any atom is 0.332 e. The highest BCUT2D eigenvalue weighted by molar-refractivity contribution is 6.30. The predicted octanol–water partition coefficient (Wildman–Crippen LogP) is 3.26. The maximum absolute atomic E-state index is 12.5. The molecule has 0 heterocycles. The Kier molecular flexibility index (Phi) is 6.47. The molecule has 0 spiro atoms. The molecule has 0 unspecified atom stereocenters. The zero-order valence-electron chi connectivity index (χ0n) is 13.1. The first-order valence-corrected chi connectivity index (χ1v) is 8.09. The van der Waals surface area contributed by atoms with Crippen LogP contribution >= 0.6 is 11.6 Å². The number of rotatable bonds is 5. The van der Waals surface area contributed by atoms with Gasteiger partial charge >= 0.3 is 5.97 Å². The van der Waals surface area contributed by atoms with Crippen LogP contribution in [0.25, 0.3) is 0 Å². The van der Waals surface area contributed by atoms with Gasteiger partial charge in [0.15, 0.2) is 0 Å². The van der Waals surface area contributed by atoms with Crippen molar-refractivity contribution >= 4 is 29.2 Å². The second-order valence-electron chi connectivity index (χ2n) is 5.52. The van der Waals surface area contributed by atoms with Crippen molar-refractivity contribution in [1.29, 1.82) is 0 Å². The summed E-state index contributed by atoms with van der Waals surface area (Å²) >= 11 is 5.85. The van der Waals surface area contributed by atoms with Gasteiger partial charge < -0.3 is 15.4 Å². The molecule has 0 aromatic heterocycles. The number of halogens is 1. The molecule has 6 heteroatoms. The summed E-state index contributed by atoms with van der Waals surface area (Å²) in [6.07, 6.45) is 6.54. The first kappa shape index (κ1) is 17.3. The minimum atomic E-state index is -0.583. The lowest BCUT2D eigenvalue weighted by atomic mass is 9.95. The van der Waals surface area contributed by atoms with E-state index in [9.17, 15) is 9.59 Å². The minimum Gasteiger partial charge on any atom is -0.466 e. The number of hydrogen-bond acceptors (Lipinski definition) is 4. The zero-order chi connectivity index (χ0) is 16.7. The number of carbonyl (C=O) groups is 2. The minimum absolute atomic E-state index is 0.157. The fourth-order valence-electron chi connectivity index (χ4n) is 2.53. The summed E-state index contributed by atoms with van der Waals surface area (Å²) in [7, 11) is 1.28. The van der Waals surface area contributed by atoms with E-state index in [-0.39, 0.29) is 17.6 Å². The van der Waals surface area contributed by atoms with Gasteiger partial charge in [0.25, 0.3) is 5.91 Å². The Morgan fingerprint density at radius 2 is 1.83 bits per heavy atom. The van der Waals surface area contributed by atoms with Gasteiger partial charge in [-0.15, -0.1) is 0 Å². The number of methoxy groups -OCH3 is 1. The van der Waals surface area contributed by atoms with Gasteiger partial charge in [-0.2, -0.15) is 0 Å². The van der Waals surface area contributed by atoms with Crippen molar-refractivity contribution in [3.05, 3.63) is 41.1 Å². The van der Waals surface area contributed by atoms with E-state index in [0.29, 0.717) is 10.7 Å². The monoisotopic (exact) mass is 336 g/mol. The van der Waals surface area contributed by atoms with Crippen molar-refractivity contribution in [2.75, 3.05) is 12.4 Å². The molecule has 1 aromatic rings. The van der Waals surface area contributed by atoms with Crippen LogP contribution in [0.1, 0.15) is 32.1 Å². The maximum atomic E-state index is 12.5. The van der Waals surface area contributed by atoms with E-state index in [1.54, 1.807) is 24.3 Å². The molecule has 1 aromatic carbocycles. The van der Waals surface area contributed by atoms with Crippen molar-refractivity contribution in [1.82, 2.24) is 5.32 Å². The second kappa shape index (κ2) is 8.58. The Bertz CT molecular complexity index is 578. The normalized spacial score (nSPS) is 15.8. The number of ether oxygens (including phenoxy) is 1. The Hall–Kier alpha value is -2.01. The number of carbonyl (C=O) groups excluding carboxylic acids is 2. The third-order valence-electron chi connectivity index (χ3n) is 3.77.